The number of carbonyl (C=O) groups excluding carboxylic acids is 4. The number of imide groups is 2. The molecule has 192 valence electrons. The van der Waals surface area contributed by atoms with E-state index in [1.807, 2.05) is 71.6 Å². The number of hydrogen-bond donors (Lipinski definition) is 2. The predicted molar refractivity (Wildman–Crippen MR) is 138 cm³/mol. The summed E-state index contributed by atoms with van der Waals surface area (Å²) in [6, 6.07) is 24.4. The lowest BCUT2D eigenvalue weighted by Gasteiger charge is -2.31. The second kappa shape index (κ2) is 10.7. The van der Waals surface area contributed by atoms with Gasteiger partial charge in [0.05, 0.1) is 6.61 Å². The fourth-order valence-corrected chi connectivity index (χ4v) is 5.06. The normalized spacial score (nSPS) is 15.6. The number of amides is 4. The number of esters is 1. The molecule has 0 aliphatic carbocycles. The summed E-state index contributed by atoms with van der Waals surface area (Å²) in [5, 5.41) is 4.40. The average Bonchev–Trinajstić information content (AvgIpc) is 3.27. The van der Waals surface area contributed by atoms with Gasteiger partial charge in [-0.2, -0.15) is 0 Å². The van der Waals surface area contributed by atoms with Crippen molar-refractivity contribution < 1.29 is 28.5 Å². The minimum absolute atomic E-state index is 0.122. The van der Waals surface area contributed by atoms with Crippen molar-refractivity contribution in [2.75, 3.05) is 6.61 Å². The molecule has 38 heavy (non-hydrogen) atoms. The zero-order valence-electron chi connectivity index (χ0n) is 20.7. The standard InChI is InChI=1S/C29H26N4O5/c1-2-38-28(36)23(20-13-7-4-8-14-20)25(24-26(34)30-29(37)31-27(24)35)33-18-32(17-19-11-5-3-6-12-19)21-15-9-10-16-22(21)33/h3-16,18,23-25H,2,17H2,1H3,(H-,30,31,34,35,37)/p+1. The van der Waals surface area contributed by atoms with Gasteiger partial charge in [-0.25, -0.2) is 13.9 Å². The number of imidazole rings is 1. The van der Waals surface area contributed by atoms with Crippen LogP contribution in [0.2, 0.25) is 0 Å². The van der Waals surface area contributed by atoms with Crippen molar-refractivity contribution in [1.82, 2.24) is 15.2 Å². The Morgan fingerprint density at radius 1 is 0.895 bits per heavy atom. The molecule has 2 heterocycles. The maximum atomic E-state index is 13.5. The Hall–Kier alpha value is -4.79. The smallest absolute Gasteiger partial charge is 0.328 e. The highest BCUT2D eigenvalue weighted by atomic mass is 16.5. The summed E-state index contributed by atoms with van der Waals surface area (Å²) in [7, 11) is 0. The lowest BCUT2D eigenvalue weighted by atomic mass is 9.81. The molecule has 5 rings (SSSR count). The first-order valence-electron chi connectivity index (χ1n) is 12.4. The molecule has 1 fully saturated rings. The quantitative estimate of drug-likeness (QED) is 0.215. The second-order valence-corrected chi connectivity index (χ2v) is 9.04. The number of carbonyl (C=O) groups is 4. The lowest BCUT2D eigenvalue weighted by Crippen LogP contribution is -2.58. The molecule has 0 saturated carbocycles. The number of para-hydroxylation sites is 2. The first-order chi connectivity index (χ1) is 18.5. The Bertz CT molecular complexity index is 1480. The van der Waals surface area contributed by atoms with Crippen LogP contribution >= 0.6 is 0 Å². The van der Waals surface area contributed by atoms with Crippen molar-refractivity contribution in [2.45, 2.75) is 25.4 Å². The summed E-state index contributed by atoms with van der Waals surface area (Å²) in [5.41, 5.74) is 3.21. The first-order valence-corrected chi connectivity index (χ1v) is 12.4. The summed E-state index contributed by atoms with van der Waals surface area (Å²) >= 11 is 0. The number of urea groups is 1. The fourth-order valence-electron chi connectivity index (χ4n) is 5.06. The highest BCUT2D eigenvalue weighted by Gasteiger charge is 2.51. The number of nitrogens with zero attached hydrogens (tertiary/aromatic N) is 2. The van der Waals surface area contributed by atoms with Crippen LogP contribution in [0.25, 0.3) is 11.0 Å². The number of ether oxygens (including phenoxy) is 1. The zero-order chi connectivity index (χ0) is 26.6. The molecule has 4 amide bonds. The maximum Gasteiger partial charge on any atom is 0.328 e. The number of aromatic nitrogens is 2. The van der Waals surface area contributed by atoms with E-state index in [1.165, 1.54) is 0 Å². The molecule has 9 nitrogen and oxygen atoms in total. The molecule has 0 bridgehead atoms. The molecule has 0 radical (unpaired) electrons. The van der Waals surface area contributed by atoms with E-state index >= 15 is 0 Å². The van der Waals surface area contributed by atoms with Crippen LogP contribution in [0, 0.1) is 5.92 Å². The van der Waals surface area contributed by atoms with E-state index in [9.17, 15) is 19.2 Å². The third-order valence-corrected chi connectivity index (χ3v) is 6.67. The van der Waals surface area contributed by atoms with Gasteiger partial charge in [0.1, 0.15) is 18.5 Å². The van der Waals surface area contributed by atoms with Crippen molar-refractivity contribution >= 4 is 34.8 Å². The molecule has 1 aliphatic rings. The van der Waals surface area contributed by atoms with E-state index in [2.05, 4.69) is 10.6 Å². The van der Waals surface area contributed by atoms with Gasteiger partial charge in [0.25, 0.3) is 0 Å². The average molecular weight is 512 g/mol. The minimum atomic E-state index is -1.39. The summed E-state index contributed by atoms with van der Waals surface area (Å²) in [6.07, 6.45) is 1.81. The van der Waals surface area contributed by atoms with E-state index < -0.39 is 41.7 Å². The molecule has 9 heteroatoms. The van der Waals surface area contributed by atoms with Gasteiger partial charge in [-0.3, -0.25) is 25.0 Å². The number of fused-ring (bicyclic) bond motifs is 1. The van der Waals surface area contributed by atoms with Crippen LogP contribution in [0.15, 0.2) is 91.3 Å². The van der Waals surface area contributed by atoms with Crippen molar-refractivity contribution in [3.05, 3.63) is 102 Å². The molecule has 1 aliphatic heterocycles. The van der Waals surface area contributed by atoms with Gasteiger partial charge in [0.2, 0.25) is 18.1 Å². The van der Waals surface area contributed by atoms with Crippen LogP contribution in [-0.2, 0) is 25.7 Å². The van der Waals surface area contributed by atoms with Gasteiger partial charge < -0.3 is 4.74 Å². The highest BCUT2D eigenvalue weighted by molar-refractivity contribution is 6.16. The van der Waals surface area contributed by atoms with E-state index in [0.717, 1.165) is 16.6 Å². The van der Waals surface area contributed by atoms with Crippen LogP contribution in [0.3, 0.4) is 0 Å². The molecule has 4 aromatic rings. The largest absolute Gasteiger partial charge is 0.465 e. The molecule has 3 aromatic carbocycles. The molecule has 1 aromatic heterocycles. The molecular formula is C29H27N4O5+. The lowest BCUT2D eigenvalue weighted by molar-refractivity contribution is -0.663. The third-order valence-electron chi connectivity index (χ3n) is 6.67. The van der Waals surface area contributed by atoms with E-state index in [1.54, 1.807) is 35.8 Å². The van der Waals surface area contributed by atoms with Crippen LogP contribution in [-0.4, -0.2) is 35.0 Å². The van der Waals surface area contributed by atoms with E-state index in [0.29, 0.717) is 12.1 Å². The Balaban J connectivity index is 1.74. The van der Waals surface area contributed by atoms with Gasteiger partial charge in [-0.1, -0.05) is 72.8 Å². The van der Waals surface area contributed by atoms with Crippen LogP contribution in [0.5, 0.6) is 0 Å². The zero-order valence-corrected chi connectivity index (χ0v) is 20.7. The number of rotatable bonds is 8. The molecule has 2 N–H and O–H groups in total. The Morgan fingerprint density at radius 2 is 1.50 bits per heavy atom. The third kappa shape index (κ3) is 4.78. The second-order valence-electron chi connectivity index (χ2n) is 9.04. The highest BCUT2D eigenvalue weighted by Crippen LogP contribution is 2.38. The van der Waals surface area contributed by atoms with E-state index in [-0.39, 0.29) is 6.61 Å². The Labute approximate surface area is 219 Å². The van der Waals surface area contributed by atoms with Crippen LogP contribution in [0.4, 0.5) is 4.79 Å². The van der Waals surface area contributed by atoms with E-state index in [4.69, 9.17) is 4.74 Å². The topological polar surface area (TPSA) is 110 Å². The SMILES string of the molecule is CCOC(=O)C(c1ccccc1)C(C1C(=O)NC(=O)NC1=O)n1c[n+](Cc2ccccc2)c2ccccc21. The van der Waals surface area contributed by atoms with Crippen molar-refractivity contribution in [3.63, 3.8) is 0 Å². The fraction of sp³-hybridized carbons (Fsp3) is 0.207. The monoisotopic (exact) mass is 511 g/mol. The summed E-state index contributed by atoms with van der Waals surface area (Å²) in [6.45, 7) is 2.35. The molecule has 2 atom stereocenters. The minimum Gasteiger partial charge on any atom is -0.465 e. The van der Waals surface area contributed by atoms with Gasteiger partial charge in [0, 0.05) is 0 Å². The number of barbiturate groups is 1. The summed E-state index contributed by atoms with van der Waals surface area (Å²) in [5.74, 6) is -4.54. The maximum absolute atomic E-state index is 13.5. The van der Waals surface area contributed by atoms with Gasteiger partial charge in [-0.05, 0) is 30.2 Å². The number of benzene rings is 3. The first kappa shape index (κ1) is 24.9. The Morgan fingerprint density at radius 3 is 2.16 bits per heavy atom. The summed E-state index contributed by atoms with van der Waals surface area (Å²) in [4.78, 5) is 51.9. The summed E-state index contributed by atoms with van der Waals surface area (Å²) < 4.78 is 9.26. The van der Waals surface area contributed by atoms with Crippen molar-refractivity contribution in [3.8, 4) is 0 Å². The van der Waals surface area contributed by atoms with Gasteiger partial charge in [0.15, 0.2) is 17.0 Å². The van der Waals surface area contributed by atoms with Crippen LogP contribution in [0.1, 0.15) is 30.0 Å². The van der Waals surface area contributed by atoms with Gasteiger partial charge >= 0.3 is 12.0 Å². The van der Waals surface area contributed by atoms with Crippen molar-refractivity contribution in [2.24, 2.45) is 5.92 Å². The number of hydrogen-bond acceptors (Lipinski definition) is 5. The molecule has 2 unspecified atom stereocenters. The molecule has 0 spiro atoms. The molecule has 1 saturated heterocycles. The predicted octanol–water partition coefficient (Wildman–Crippen LogP) is 2.85. The molecular weight excluding hydrogens is 484 g/mol. The van der Waals surface area contributed by atoms with Crippen molar-refractivity contribution in [1.29, 1.82) is 0 Å². The van der Waals surface area contributed by atoms with Gasteiger partial charge in [-0.15, -0.1) is 0 Å². The Kier molecular flexibility index (Phi) is 6.99. The van der Waals surface area contributed by atoms with Crippen LogP contribution < -0.4 is 15.2 Å². The number of nitrogens with one attached hydrogen (secondary N) is 2.